The molecule has 0 spiro atoms. The van der Waals surface area contributed by atoms with E-state index in [9.17, 15) is 13.2 Å². The van der Waals surface area contributed by atoms with Gasteiger partial charge in [-0.1, -0.05) is 30.3 Å². The average molecular weight is 461 g/mol. The third-order valence-electron chi connectivity index (χ3n) is 5.57. The maximum Gasteiger partial charge on any atom is 0.243 e. The number of carbonyl (C=O) groups is 1. The number of ether oxygens (including phenoxy) is 2. The van der Waals surface area contributed by atoms with Crippen molar-refractivity contribution in [3.05, 3.63) is 59.7 Å². The van der Waals surface area contributed by atoms with Gasteiger partial charge in [0, 0.05) is 33.1 Å². The minimum Gasteiger partial charge on any atom is -0.493 e. The number of benzene rings is 2. The van der Waals surface area contributed by atoms with Crippen LogP contribution in [0.15, 0.2) is 53.4 Å². The molecule has 0 bridgehead atoms. The number of amides is 1. The Labute approximate surface area is 191 Å². The van der Waals surface area contributed by atoms with Gasteiger partial charge in [0.2, 0.25) is 15.9 Å². The molecule has 0 unspecified atom stereocenters. The largest absolute Gasteiger partial charge is 0.493 e. The van der Waals surface area contributed by atoms with Crippen LogP contribution in [0, 0.1) is 6.92 Å². The Morgan fingerprint density at radius 1 is 1.09 bits per heavy atom. The molecule has 0 atom stereocenters. The standard InChI is InChI=1S/C24H32N2O5S/c1-20-6-3-4-7-23(20)31-17-5-14-25(2)24(27)13-10-21-8-11-22(12-9-21)32(28,29)26-15-18-30-19-16-26/h3-4,6-9,11-12H,5,10,13-19H2,1-2H3. The molecule has 3 rings (SSSR count). The highest BCUT2D eigenvalue weighted by Crippen LogP contribution is 2.19. The maximum absolute atomic E-state index is 12.7. The Morgan fingerprint density at radius 3 is 2.47 bits per heavy atom. The Kier molecular flexibility index (Phi) is 8.67. The lowest BCUT2D eigenvalue weighted by Gasteiger charge is -2.26. The van der Waals surface area contributed by atoms with Crippen LogP contribution in [-0.2, 0) is 26.0 Å². The molecule has 32 heavy (non-hydrogen) atoms. The minimum absolute atomic E-state index is 0.0610. The summed E-state index contributed by atoms with van der Waals surface area (Å²) >= 11 is 0. The molecule has 174 valence electrons. The Hall–Kier alpha value is -2.42. The van der Waals surface area contributed by atoms with Crippen LogP contribution in [-0.4, -0.2) is 70.0 Å². The SMILES string of the molecule is Cc1ccccc1OCCCN(C)C(=O)CCc1ccc(S(=O)(=O)N2CCOCC2)cc1. The van der Waals surface area contributed by atoms with Gasteiger partial charge in [0.25, 0.3) is 0 Å². The van der Waals surface area contributed by atoms with Gasteiger partial charge in [0.15, 0.2) is 0 Å². The van der Waals surface area contributed by atoms with Gasteiger partial charge in [-0.3, -0.25) is 4.79 Å². The number of para-hydroxylation sites is 1. The molecule has 1 saturated heterocycles. The lowest BCUT2D eigenvalue weighted by atomic mass is 10.1. The first-order valence-corrected chi connectivity index (χ1v) is 12.4. The number of hydrogen-bond donors (Lipinski definition) is 0. The van der Waals surface area contributed by atoms with Crippen LogP contribution >= 0.6 is 0 Å². The van der Waals surface area contributed by atoms with Gasteiger partial charge in [-0.2, -0.15) is 4.31 Å². The second-order valence-electron chi connectivity index (χ2n) is 7.94. The van der Waals surface area contributed by atoms with E-state index in [0.29, 0.717) is 52.3 Å². The smallest absolute Gasteiger partial charge is 0.243 e. The Morgan fingerprint density at radius 2 is 1.78 bits per heavy atom. The predicted molar refractivity (Wildman–Crippen MR) is 123 cm³/mol. The number of aryl methyl sites for hydroxylation is 2. The van der Waals surface area contributed by atoms with Crippen molar-refractivity contribution in [1.82, 2.24) is 9.21 Å². The third-order valence-corrected chi connectivity index (χ3v) is 7.49. The zero-order valence-corrected chi connectivity index (χ0v) is 19.6. The second-order valence-corrected chi connectivity index (χ2v) is 9.88. The summed E-state index contributed by atoms with van der Waals surface area (Å²) in [6.45, 7) is 4.79. The number of sulfonamides is 1. The lowest BCUT2D eigenvalue weighted by Crippen LogP contribution is -2.40. The number of morpholine rings is 1. The van der Waals surface area contributed by atoms with E-state index in [1.165, 1.54) is 4.31 Å². The summed E-state index contributed by atoms with van der Waals surface area (Å²) in [7, 11) is -1.69. The van der Waals surface area contributed by atoms with E-state index >= 15 is 0 Å². The predicted octanol–water partition coefficient (Wildman–Crippen LogP) is 2.88. The minimum atomic E-state index is -3.49. The van der Waals surface area contributed by atoms with Gasteiger partial charge in [0.1, 0.15) is 5.75 Å². The van der Waals surface area contributed by atoms with Gasteiger partial charge in [-0.15, -0.1) is 0 Å². The molecule has 0 saturated carbocycles. The van der Waals surface area contributed by atoms with Crippen molar-refractivity contribution < 1.29 is 22.7 Å². The first kappa shape index (κ1) is 24.2. The highest BCUT2D eigenvalue weighted by atomic mass is 32.2. The summed E-state index contributed by atoms with van der Waals surface area (Å²) in [6, 6.07) is 14.7. The summed E-state index contributed by atoms with van der Waals surface area (Å²) in [5, 5.41) is 0. The van der Waals surface area contributed by atoms with Gasteiger partial charge < -0.3 is 14.4 Å². The molecule has 1 aliphatic heterocycles. The quantitative estimate of drug-likeness (QED) is 0.510. The zero-order chi connectivity index (χ0) is 23.0. The number of carbonyl (C=O) groups excluding carboxylic acids is 1. The molecule has 2 aromatic rings. The highest BCUT2D eigenvalue weighted by molar-refractivity contribution is 7.89. The summed E-state index contributed by atoms with van der Waals surface area (Å²) in [6.07, 6.45) is 1.70. The fourth-order valence-corrected chi connectivity index (χ4v) is 4.94. The maximum atomic E-state index is 12.7. The van der Waals surface area contributed by atoms with E-state index in [2.05, 4.69) is 0 Å². The number of hydrogen-bond acceptors (Lipinski definition) is 5. The van der Waals surface area contributed by atoms with Crippen LogP contribution in [0.4, 0.5) is 0 Å². The normalized spacial score (nSPS) is 14.8. The van der Waals surface area contributed by atoms with Gasteiger partial charge in [-0.25, -0.2) is 8.42 Å². The van der Waals surface area contributed by atoms with Crippen LogP contribution in [0.25, 0.3) is 0 Å². The molecule has 0 aromatic heterocycles. The van der Waals surface area contributed by atoms with Gasteiger partial charge in [-0.05, 0) is 49.1 Å². The van der Waals surface area contributed by atoms with Crippen molar-refractivity contribution in [2.75, 3.05) is 46.5 Å². The molecule has 2 aromatic carbocycles. The summed E-state index contributed by atoms with van der Waals surface area (Å²) in [4.78, 5) is 14.4. The van der Waals surface area contributed by atoms with Gasteiger partial charge >= 0.3 is 0 Å². The van der Waals surface area contributed by atoms with Crippen LogP contribution < -0.4 is 4.74 Å². The van der Waals surface area contributed by atoms with E-state index in [0.717, 1.165) is 23.3 Å². The van der Waals surface area contributed by atoms with Crippen LogP contribution in [0.1, 0.15) is 24.0 Å². The van der Waals surface area contributed by atoms with E-state index < -0.39 is 10.0 Å². The van der Waals surface area contributed by atoms with Crippen LogP contribution in [0.3, 0.4) is 0 Å². The molecule has 0 aliphatic carbocycles. The molecule has 1 fully saturated rings. The topological polar surface area (TPSA) is 76.2 Å². The van der Waals surface area contributed by atoms with E-state index in [4.69, 9.17) is 9.47 Å². The van der Waals surface area contributed by atoms with E-state index in [-0.39, 0.29) is 10.8 Å². The number of nitrogens with zero attached hydrogens (tertiary/aromatic N) is 2. The molecule has 7 nitrogen and oxygen atoms in total. The molecule has 1 amide bonds. The lowest BCUT2D eigenvalue weighted by molar-refractivity contribution is -0.129. The monoisotopic (exact) mass is 460 g/mol. The van der Waals surface area contributed by atoms with Crippen molar-refractivity contribution in [1.29, 1.82) is 0 Å². The van der Waals surface area contributed by atoms with Crippen molar-refractivity contribution in [3.8, 4) is 5.75 Å². The van der Waals surface area contributed by atoms with Crippen molar-refractivity contribution in [2.45, 2.75) is 31.1 Å². The molecule has 0 radical (unpaired) electrons. The number of rotatable bonds is 10. The van der Waals surface area contributed by atoms with Crippen molar-refractivity contribution in [3.63, 3.8) is 0 Å². The Balaban J connectivity index is 1.41. The molecule has 1 aliphatic rings. The molecule has 8 heteroatoms. The van der Waals surface area contributed by atoms with Crippen LogP contribution in [0.2, 0.25) is 0 Å². The summed E-state index contributed by atoms with van der Waals surface area (Å²) in [5.41, 5.74) is 2.04. The van der Waals surface area contributed by atoms with Crippen molar-refractivity contribution >= 4 is 15.9 Å². The zero-order valence-electron chi connectivity index (χ0n) is 18.8. The first-order chi connectivity index (χ1) is 15.4. The third kappa shape index (κ3) is 6.54. The summed E-state index contributed by atoms with van der Waals surface area (Å²) < 4.78 is 37.8. The van der Waals surface area contributed by atoms with E-state index in [1.54, 1.807) is 36.2 Å². The first-order valence-electron chi connectivity index (χ1n) is 11.0. The molecule has 0 N–H and O–H groups in total. The Bertz CT molecular complexity index is 986. The van der Waals surface area contributed by atoms with Gasteiger partial charge in [0.05, 0.1) is 24.7 Å². The highest BCUT2D eigenvalue weighted by Gasteiger charge is 2.26. The van der Waals surface area contributed by atoms with E-state index in [1.807, 2.05) is 31.2 Å². The molecule has 1 heterocycles. The fourth-order valence-electron chi connectivity index (χ4n) is 3.53. The van der Waals surface area contributed by atoms with Crippen molar-refractivity contribution in [2.24, 2.45) is 0 Å². The van der Waals surface area contributed by atoms with Crippen LogP contribution in [0.5, 0.6) is 5.75 Å². The average Bonchev–Trinajstić information content (AvgIpc) is 2.82. The fraction of sp³-hybridized carbons (Fsp3) is 0.458. The summed E-state index contributed by atoms with van der Waals surface area (Å²) in [5.74, 6) is 0.937. The molecular formula is C24H32N2O5S. The molecular weight excluding hydrogens is 428 g/mol. The second kappa shape index (κ2) is 11.4.